The van der Waals surface area contributed by atoms with Gasteiger partial charge >= 0.3 is 0 Å². The van der Waals surface area contributed by atoms with E-state index in [4.69, 9.17) is 9.47 Å². The number of hydrogen-bond acceptors (Lipinski definition) is 4. The van der Waals surface area contributed by atoms with Gasteiger partial charge in [-0.25, -0.2) is 0 Å². The number of aryl methyl sites for hydroxylation is 2. The van der Waals surface area contributed by atoms with Crippen molar-refractivity contribution in [3.63, 3.8) is 0 Å². The third-order valence-electron chi connectivity index (χ3n) is 4.79. The first-order chi connectivity index (χ1) is 14.3. The van der Waals surface area contributed by atoms with Gasteiger partial charge in [-0.1, -0.05) is 25.1 Å². The van der Waals surface area contributed by atoms with Gasteiger partial charge in [0.05, 0.1) is 7.11 Å². The average molecular weight is 413 g/mol. The van der Waals surface area contributed by atoms with Gasteiger partial charge in [0.15, 0.2) is 6.61 Å². The number of amides is 2. The Hall–Kier alpha value is -3.02. The summed E-state index contributed by atoms with van der Waals surface area (Å²) in [5.41, 5.74) is 3.05. The molecule has 6 nitrogen and oxygen atoms in total. The molecule has 1 N–H and O–H groups in total. The Morgan fingerprint density at radius 2 is 1.67 bits per heavy atom. The highest BCUT2D eigenvalue weighted by Gasteiger charge is 2.26. The zero-order chi connectivity index (χ0) is 22.1. The quantitative estimate of drug-likeness (QED) is 0.647. The van der Waals surface area contributed by atoms with E-state index in [0.717, 1.165) is 28.9 Å². The Balaban J connectivity index is 2.15. The molecule has 0 heterocycles. The smallest absolute Gasteiger partial charge is 0.261 e. The Labute approximate surface area is 179 Å². The highest BCUT2D eigenvalue weighted by Crippen LogP contribution is 2.18. The molecule has 0 aliphatic carbocycles. The van der Waals surface area contributed by atoms with E-state index in [-0.39, 0.29) is 18.4 Å². The summed E-state index contributed by atoms with van der Waals surface area (Å²) in [4.78, 5) is 27.1. The molecule has 0 radical (unpaired) electrons. The standard InChI is InChI=1S/C24H32N2O4/c1-6-11-25-24(28)19(4)26(15-20-7-9-21(29-5)10-8-20)23(27)16-30-22-13-17(2)12-18(3)14-22/h7-10,12-14,19H,6,11,15-16H2,1-5H3,(H,25,28)/t19-/m0/s1. The number of hydrogen-bond donors (Lipinski definition) is 1. The number of carbonyl (C=O) groups is 2. The van der Waals surface area contributed by atoms with Crippen molar-refractivity contribution in [2.45, 2.75) is 46.7 Å². The van der Waals surface area contributed by atoms with Crippen LogP contribution >= 0.6 is 0 Å². The molecule has 2 amide bonds. The van der Waals surface area contributed by atoms with Gasteiger partial charge in [-0.05, 0) is 68.1 Å². The normalized spacial score (nSPS) is 11.5. The number of ether oxygens (including phenoxy) is 2. The minimum atomic E-state index is -0.617. The molecule has 0 fully saturated rings. The van der Waals surface area contributed by atoms with Gasteiger partial charge in [-0.3, -0.25) is 9.59 Å². The maximum Gasteiger partial charge on any atom is 0.261 e. The topological polar surface area (TPSA) is 67.9 Å². The fraction of sp³-hybridized carbons (Fsp3) is 0.417. The number of rotatable bonds is 10. The lowest BCUT2D eigenvalue weighted by Crippen LogP contribution is -2.49. The van der Waals surface area contributed by atoms with E-state index in [1.165, 1.54) is 0 Å². The van der Waals surface area contributed by atoms with Crippen LogP contribution in [0.3, 0.4) is 0 Å². The summed E-state index contributed by atoms with van der Waals surface area (Å²) in [6.07, 6.45) is 0.834. The molecule has 0 spiro atoms. The summed E-state index contributed by atoms with van der Waals surface area (Å²) in [5.74, 6) is 0.964. The first-order valence-electron chi connectivity index (χ1n) is 10.2. The van der Waals surface area contributed by atoms with Crippen molar-refractivity contribution in [1.82, 2.24) is 10.2 Å². The molecular weight excluding hydrogens is 380 g/mol. The van der Waals surface area contributed by atoms with Crippen molar-refractivity contribution in [3.8, 4) is 11.5 Å². The second-order valence-electron chi connectivity index (χ2n) is 7.45. The summed E-state index contributed by atoms with van der Waals surface area (Å²) in [5, 5.41) is 2.87. The largest absolute Gasteiger partial charge is 0.497 e. The summed E-state index contributed by atoms with van der Waals surface area (Å²) in [7, 11) is 1.61. The predicted molar refractivity (Wildman–Crippen MR) is 118 cm³/mol. The average Bonchev–Trinajstić information content (AvgIpc) is 2.73. The Bertz CT molecular complexity index is 829. The lowest BCUT2D eigenvalue weighted by Gasteiger charge is -2.28. The highest BCUT2D eigenvalue weighted by molar-refractivity contribution is 5.87. The van der Waals surface area contributed by atoms with Crippen molar-refractivity contribution in [3.05, 3.63) is 59.2 Å². The number of benzene rings is 2. The third kappa shape index (κ3) is 6.79. The van der Waals surface area contributed by atoms with Gasteiger partial charge in [0.25, 0.3) is 5.91 Å². The first-order valence-corrected chi connectivity index (χ1v) is 10.2. The van der Waals surface area contributed by atoms with Crippen LogP contribution in [0.4, 0.5) is 0 Å². The summed E-state index contributed by atoms with van der Waals surface area (Å²) in [6, 6.07) is 12.7. The molecule has 0 aliphatic rings. The highest BCUT2D eigenvalue weighted by atomic mass is 16.5. The molecule has 2 rings (SSSR count). The van der Waals surface area contributed by atoms with Crippen LogP contribution in [-0.4, -0.2) is 43.0 Å². The molecule has 30 heavy (non-hydrogen) atoms. The summed E-state index contributed by atoms with van der Waals surface area (Å²) in [6.45, 7) is 8.44. The molecule has 0 saturated heterocycles. The van der Waals surface area contributed by atoms with Gasteiger partial charge in [-0.2, -0.15) is 0 Å². The SMILES string of the molecule is CCCNC(=O)[C@H](C)N(Cc1ccc(OC)cc1)C(=O)COc1cc(C)cc(C)c1. The number of methoxy groups -OCH3 is 1. The van der Waals surface area contributed by atoms with Crippen LogP contribution in [0.1, 0.15) is 37.0 Å². The van der Waals surface area contributed by atoms with E-state index in [1.807, 2.05) is 63.2 Å². The van der Waals surface area contributed by atoms with Crippen LogP contribution in [0.2, 0.25) is 0 Å². The van der Waals surface area contributed by atoms with Gasteiger partial charge in [0.1, 0.15) is 17.5 Å². The second-order valence-corrected chi connectivity index (χ2v) is 7.45. The van der Waals surface area contributed by atoms with E-state index < -0.39 is 6.04 Å². The third-order valence-corrected chi connectivity index (χ3v) is 4.79. The predicted octanol–water partition coefficient (Wildman–Crippen LogP) is 3.63. The molecular formula is C24H32N2O4. The maximum atomic E-state index is 13.0. The van der Waals surface area contributed by atoms with E-state index in [1.54, 1.807) is 18.9 Å². The van der Waals surface area contributed by atoms with E-state index in [2.05, 4.69) is 5.32 Å². The lowest BCUT2D eigenvalue weighted by atomic mass is 10.1. The lowest BCUT2D eigenvalue weighted by molar-refractivity contribution is -0.142. The fourth-order valence-corrected chi connectivity index (χ4v) is 3.15. The molecule has 162 valence electrons. The number of nitrogens with zero attached hydrogens (tertiary/aromatic N) is 1. The zero-order valence-corrected chi connectivity index (χ0v) is 18.5. The summed E-state index contributed by atoms with van der Waals surface area (Å²) < 4.78 is 10.9. The van der Waals surface area contributed by atoms with Crippen molar-refractivity contribution in [2.75, 3.05) is 20.3 Å². The van der Waals surface area contributed by atoms with Gasteiger partial charge in [0, 0.05) is 13.1 Å². The van der Waals surface area contributed by atoms with Gasteiger partial charge in [-0.15, -0.1) is 0 Å². The molecule has 1 atom stereocenters. The van der Waals surface area contributed by atoms with Crippen molar-refractivity contribution in [2.24, 2.45) is 0 Å². The molecule has 0 saturated carbocycles. The zero-order valence-electron chi connectivity index (χ0n) is 18.5. The second kappa shape index (κ2) is 11.2. The van der Waals surface area contributed by atoms with Crippen LogP contribution in [0.25, 0.3) is 0 Å². The molecule has 0 unspecified atom stereocenters. The van der Waals surface area contributed by atoms with Crippen LogP contribution in [-0.2, 0) is 16.1 Å². The molecule has 2 aromatic carbocycles. The van der Waals surface area contributed by atoms with Crippen molar-refractivity contribution in [1.29, 1.82) is 0 Å². The maximum absolute atomic E-state index is 13.0. The molecule has 6 heteroatoms. The Kier molecular flexibility index (Phi) is 8.71. The number of nitrogens with one attached hydrogen (secondary N) is 1. The molecule has 0 bridgehead atoms. The van der Waals surface area contributed by atoms with Crippen molar-refractivity contribution >= 4 is 11.8 Å². The molecule has 2 aromatic rings. The summed E-state index contributed by atoms with van der Waals surface area (Å²) >= 11 is 0. The monoisotopic (exact) mass is 412 g/mol. The number of carbonyl (C=O) groups excluding carboxylic acids is 2. The molecule has 0 aromatic heterocycles. The van der Waals surface area contributed by atoms with E-state index >= 15 is 0 Å². The Morgan fingerprint density at radius 1 is 1.03 bits per heavy atom. The van der Waals surface area contributed by atoms with E-state index in [0.29, 0.717) is 18.8 Å². The minimum absolute atomic E-state index is 0.134. The van der Waals surface area contributed by atoms with Crippen LogP contribution < -0.4 is 14.8 Å². The fourth-order valence-electron chi connectivity index (χ4n) is 3.15. The van der Waals surface area contributed by atoms with Crippen LogP contribution in [0.5, 0.6) is 11.5 Å². The van der Waals surface area contributed by atoms with Gasteiger partial charge < -0.3 is 19.7 Å². The van der Waals surface area contributed by atoms with E-state index in [9.17, 15) is 9.59 Å². The molecule has 0 aliphatic heterocycles. The van der Waals surface area contributed by atoms with Crippen LogP contribution in [0, 0.1) is 13.8 Å². The van der Waals surface area contributed by atoms with Crippen LogP contribution in [0.15, 0.2) is 42.5 Å². The first kappa shape index (κ1) is 23.3. The van der Waals surface area contributed by atoms with Crippen molar-refractivity contribution < 1.29 is 19.1 Å². The van der Waals surface area contributed by atoms with Gasteiger partial charge in [0.2, 0.25) is 5.91 Å². The Morgan fingerprint density at radius 3 is 2.23 bits per heavy atom. The minimum Gasteiger partial charge on any atom is -0.497 e.